The lowest BCUT2D eigenvalue weighted by atomic mass is 9.94. The summed E-state index contributed by atoms with van der Waals surface area (Å²) in [5.41, 5.74) is 2.57. The van der Waals surface area contributed by atoms with Crippen molar-refractivity contribution < 1.29 is 14.4 Å². The molecule has 1 N–H and O–H groups in total. The summed E-state index contributed by atoms with van der Waals surface area (Å²) >= 11 is 1.23. The highest BCUT2D eigenvalue weighted by Gasteiger charge is 2.32. The molecule has 3 aromatic rings. The molecule has 1 aliphatic rings. The van der Waals surface area contributed by atoms with Crippen LogP contribution in [0, 0.1) is 0 Å². The first-order chi connectivity index (χ1) is 12.6. The summed E-state index contributed by atoms with van der Waals surface area (Å²) in [6.07, 6.45) is 0.558. The second-order valence-electron chi connectivity index (χ2n) is 5.87. The summed E-state index contributed by atoms with van der Waals surface area (Å²) in [6, 6.07) is 10.9. The maximum Gasteiger partial charge on any atom is 0.261 e. The number of imide groups is 1. The number of hydrogen-bond acceptors (Lipinski definition) is 6. The van der Waals surface area contributed by atoms with Crippen molar-refractivity contribution in [1.29, 1.82) is 0 Å². The van der Waals surface area contributed by atoms with Crippen molar-refractivity contribution in [2.24, 2.45) is 0 Å². The molecule has 0 spiro atoms. The topological polar surface area (TPSA) is 92.3 Å². The van der Waals surface area contributed by atoms with Crippen LogP contribution in [0.2, 0.25) is 0 Å². The Kier molecular flexibility index (Phi) is 4.18. The van der Waals surface area contributed by atoms with Crippen LogP contribution in [0.15, 0.2) is 41.9 Å². The van der Waals surface area contributed by atoms with Crippen molar-refractivity contribution in [3.8, 4) is 0 Å². The summed E-state index contributed by atoms with van der Waals surface area (Å²) in [6.45, 7) is 0.186. The number of hydrogen-bond donors (Lipinski definition) is 1. The van der Waals surface area contributed by atoms with Crippen LogP contribution >= 0.6 is 11.3 Å². The zero-order valence-corrected chi connectivity index (χ0v) is 14.5. The fraction of sp³-hybridized carbons (Fsp3) is 0.167. The van der Waals surface area contributed by atoms with Gasteiger partial charge in [-0.2, -0.15) is 0 Å². The fourth-order valence-corrected chi connectivity index (χ4v) is 3.55. The van der Waals surface area contributed by atoms with Crippen LogP contribution in [-0.2, 0) is 4.79 Å². The number of nitrogens with zero attached hydrogens (tertiary/aromatic N) is 3. The number of benzene rings is 2. The van der Waals surface area contributed by atoms with Gasteiger partial charge < -0.3 is 5.32 Å². The van der Waals surface area contributed by atoms with Gasteiger partial charge in [-0.05, 0) is 23.9 Å². The molecule has 8 heteroatoms. The summed E-state index contributed by atoms with van der Waals surface area (Å²) in [4.78, 5) is 38.6. The van der Waals surface area contributed by atoms with E-state index in [1.165, 1.54) is 21.7 Å². The Morgan fingerprint density at radius 3 is 2.38 bits per heavy atom. The molecule has 26 heavy (non-hydrogen) atoms. The van der Waals surface area contributed by atoms with Gasteiger partial charge in [0.25, 0.3) is 11.8 Å². The maximum absolute atomic E-state index is 12.7. The largest absolute Gasteiger partial charge is 0.301 e. The van der Waals surface area contributed by atoms with Crippen molar-refractivity contribution in [2.45, 2.75) is 12.8 Å². The highest BCUT2D eigenvalue weighted by molar-refractivity contribution is 7.13. The monoisotopic (exact) mass is 366 g/mol. The molecule has 7 nitrogen and oxygen atoms in total. The van der Waals surface area contributed by atoms with Gasteiger partial charge in [0.1, 0.15) is 5.51 Å². The van der Waals surface area contributed by atoms with E-state index < -0.39 is 0 Å². The minimum atomic E-state index is -0.316. The van der Waals surface area contributed by atoms with Gasteiger partial charge in [-0.1, -0.05) is 35.6 Å². The second kappa shape index (κ2) is 6.64. The molecule has 0 radical (unpaired) electrons. The molecule has 2 aromatic carbocycles. The number of carbonyl (C=O) groups is 3. The molecule has 0 saturated carbocycles. The molecule has 0 saturated heterocycles. The van der Waals surface area contributed by atoms with Gasteiger partial charge in [0.2, 0.25) is 11.0 Å². The van der Waals surface area contributed by atoms with Crippen molar-refractivity contribution in [2.75, 3.05) is 11.9 Å². The minimum absolute atomic E-state index is 0.183. The Balaban J connectivity index is 1.47. The molecule has 130 valence electrons. The summed E-state index contributed by atoms with van der Waals surface area (Å²) < 4.78 is 0. The van der Waals surface area contributed by atoms with E-state index in [-0.39, 0.29) is 30.7 Å². The van der Waals surface area contributed by atoms with Gasteiger partial charge in [-0.25, -0.2) is 0 Å². The molecule has 0 aliphatic carbocycles. The average molecular weight is 366 g/mol. The van der Waals surface area contributed by atoms with Crippen LogP contribution in [0.4, 0.5) is 5.13 Å². The molecule has 0 unspecified atom stereocenters. The Morgan fingerprint density at radius 2 is 1.77 bits per heavy atom. The first-order valence-electron chi connectivity index (χ1n) is 8.09. The summed E-state index contributed by atoms with van der Waals surface area (Å²) in [5, 5.41) is 12.0. The Bertz CT molecular complexity index is 966. The van der Waals surface area contributed by atoms with Gasteiger partial charge in [-0.3, -0.25) is 19.3 Å². The molecular weight excluding hydrogens is 352 g/mol. The first kappa shape index (κ1) is 16.3. The zero-order valence-electron chi connectivity index (χ0n) is 13.6. The van der Waals surface area contributed by atoms with Crippen LogP contribution < -0.4 is 5.32 Å². The van der Waals surface area contributed by atoms with Crippen molar-refractivity contribution in [1.82, 2.24) is 15.1 Å². The van der Waals surface area contributed by atoms with Crippen LogP contribution in [-0.4, -0.2) is 39.4 Å². The van der Waals surface area contributed by atoms with E-state index in [0.717, 1.165) is 5.39 Å². The Labute approximate surface area is 152 Å². The van der Waals surface area contributed by atoms with Crippen molar-refractivity contribution >= 4 is 45.0 Å². The molecule has 0 bridgehead atoms. The normalized spacial score (nSPS) is 13.3. The smallest absolute Gasteiger partial charge is 0.261 e. The third-order valence-corrected chi connectivity index (χ3v) is 4.85. The predicted molar refractivity (Wildman–Crippen MR) is 97.1 cm³/mol. The molecule has 0 fully saturated rings. The van der Waals surface area contributed by atoms with E-state index >= 15 is 0 Å². The molecular formula is C18H14N4O3S. The zero-order chi connectivity index (χ0) is 18.1. The molecule has 1 aliphatic heterocycles. The lowest BCUT2D eigenvalue weighted by Crippen LogP contribution is -2.41. The third kappa shape index (κ3) is 2.84. The lowest BCUT2D eigenvalue weighted by Gasteiger charge is -2.27. The minimum Gasteiger partial charge on any atom is -0.301 e. The van der Waals surface area contributed by atoms with E-state index in [1.807, 2.05) is 24.3 Å². The molecule has 3 amide bonds. The average Bonchev–Trinajstić information content (AvgIpc) is 3.15. The van der Waals surface area contributed by atoms with Crippen LogP contribution in [0.25, 0.3) is 10.8 Å². The number of carbonyl (C=O) groups excluding carboxylic acids is 3. The number of rotatable bonds is 5. The maximum atomic E-state index is 12.7. The van der Waals surface area contributed by atoms with Gasteiger partial charge in [-0.15, -0.1) is 10.2 Å². The van der Waals surface area contributed by atoms with Crippen LogP contribution in [0.1, 0.15) is 33.6 Å². The van der Waals surface area contributed by atoms with Gasteiger partial charge in [0.05, 0.1) is 0 Å². The Morgan fingerprint density at radius 1 is 1.08 bits per heavy atom. The van der Waals surface area contributed by atoms with E-state index in [2.05, 4.69) is 15.5 Å². The third-order valence-electron chi connectivity index (χ3n) is 4.25. The summed E-state index contributed by atoms with van der Waals surface area (Å²) in [5.74, 6) is -0.853. The van der Waals surface area contributed by atoms with Gasteiger partial charge >= 0.3 is 0 Å². The summed E-state index contributed by atoms with van der Waals surface area (Å²) in [7, 11) is 0. The SMILES string of the molecule is O=C(CCCN1C(=O)c2cccc3cccc(c23)C1=O)Nc1nncs1. The molecule has 1 aromatic heterocycles. The van der Waals surface area contributed by atoms with Crippen molar-refractivity contribution in [3.63, 3.8) is 0 Å². The highest BCUT2D eigenvalue weighted by Crippen LogP contribution is 2.30. The van der Waals surface area contributed by atoms with Crippen LogP contribution in [0.5, 0.6) is 0 Å². The van der Waals surface area contributed by atoms with Gasteiger partial charge in [0.15, 0.2) is 0 Å². The molecule has 2 heterocycles. The quantitative estimate of drug-likeness (QED) is 0.701. The van der Waals surface area contributed by atoms with Gasteiger partial charge in [0, 0.05) is 29.5 Å². The predicted octanol–water partition coefficient (Wildman–Crippen LogP) is 2.71. The molecule has 0 atom stereocenters. The van der Waals surface area contributed by atoms with E-state index in [0.29, 0.717) is 28.1 Å². The lowest BCUT2D eigenvalue weighted by molar-refractivity contribution is -0.116. The number of amides is 3. The number of anilines is 1. The second-order valence-corrected chi connectivity index (χ2v) is 6.70. The van der Waals surface area contributed by atoms with E-state index in [9.17, 15) is 14.4 Å². The number of aromatic nitrogens is 2. The van der Waals surface area contributed by atoms with E-state index in [1.54, 1.807) is 12.1 Å². The first-order valence-corrected chi connectivity index (χ1v) is 8.97. The molecule has 4 rings (SSSR count). The number of nitrogens with one attached hydrogen (secondary N) is 1. The standard InChI is InChI=1S/C18H14N4O3S/c23-14(20-18-21-19-10-26-18)8-3-9-22-16(24)12-6-1-4-11-5-2-7-13(15(11)12)17(22)25/h1-2,4-7,10H,3,8-9H2,(H,20,21,23). The fourth-order valence-electron chi connectivity index (χ4n) is 3.09. The van der Waals surface area contributed by atoms with Crippen molar-refractivity contribution in [3.05, 3.63) is 53.0 Å². The van der Waals surface area contributed by atoms with E-state index in [4.69, 9.17) is 0 Å². The Hall–Kier alpha value is -3.13. The highest BCUT2D eigenvalue weighted by atomic mass is 32.1. The van der Waals surface area contributed by atoms with Crippen LogP contribution in [0.3, 0.4) is 0 Å².